The lowest BCUT2D eigenvalue weighted by molar-refractivity contribution is -0.123. The molecule has 1 aromatic carbocycles. The summed E-state index contributed by atoms with van der Waals surface area (Å²) in [6.45, 7) is 0.498. The monoisotopic (exact) mass is 210 g/mol. The van der Waals surface area contributed by atoms with Gasteiger partial charge in [0.1, 0.15) is 0 Å². The first kappa shape index (κ1) is 9.49. The second-order valence-electron chi connectivity index (χ2n) is 3.34. The fraction of sp³-hybridized carbons (Fsp3) is 0.300. The summed E-state index contributed by atoms with van der Waals surface area (Å²) in [5, 5.41) is 0.637. The van der Waals surface area contributed by atoms with Crippen LogP contribution in [0, 0.1) is 0 Å². The Morgan fingerprint density at radius 3 is 2.93 bits per heavy atom. The summed E-state index contributed by atoms with van der Waals surface area (Å²) in [4.78, 5) is 13.0. The summed E-state index contributed by atoms with van der Waals surface area (Å²) in [5.41, 5.74) is 6.37. The molecular weight excluding hydrogens is 200 g/mol. The van der Waals surface area contributed by atoms with Crippen molar-refractivity contribution in [3.63, 3.8) is 0 Å². The molecule has 1 amide bonds. The Balaban J connectivity index is 2.26. The number of amides is 1. The Morgan fingerprint density at radius 2 is 2.36 bits per heavy atom. The average molecular weight is 211 g/mol. The van der Waals surface area contributed by atoms with Crippen molar-refractivity contribution in [3.05, 3.63) is 29.3 Å². The number of benzene rings is 1. The third-order valence-corrected chi connectivity index (χ3v) is 2.64. The van der Waals surface area contributed by atoms with Gasteiger partial charge in [0.2, 0.25) is 5.91 Å². The van der Waals surface area contributed by atoms with Crippen LogP contribution in [0.1, 0.15) is 6.42 Å². The van der Waals surface area contributed by atoms with Crippen LogP contribution in [0.5, 0.6) is 0 Å². The number of nitrogens with two attached hydrogens (primary N) is 1. The van der Waals surface area contributed by atoms with Gasteiger partial charge in [-0.05, 0) is 18.2 Å². The van der Waals surface area contributed by atoms with E-state index in [4.69, 9.17) is 17.3 Å². The minimum atomic E-state index is 0.114. The van der Waals surface area contributed by atoms with Crippen LogP contribution in [0.15, 0.2) is 24.3 Å². The molecule has 0 aliphatic carbocycles. The molecule has 1 heterocycles. The molecule has 0 radical (unpaired) electrons. The van der Waals surface area contributed by atoms with Crippen molar-refractivity contribution in [2.45, 2.75) is 12.5 Å². The third-order valence-electron chi connectivity index (χ3n) is 2.40. The van der Waals surface area contributed by atoms with Gasteiger partial charge >= 0.3 is 0 Å². The highest BCUT2D eigenvalue weighted by Crippen LogP contribution is 2.28. The third kappa shape index (κ3) is 1.49. The molecule has 1 unspecified atom stereocenters. The smallest absolute Gasteiger partial charge is 0.229 e. The Bertz CT molecular complexity index is 367. The zero-order chi connectivity index (χ0) is 10.1. The summed E-state index contributed by atoms with van der Waals surface area (Å²) < 4.78 is 0. The van der Waals surface area contributed by atoms with Crippen molar-refractivity contribution in [2.75, 3.05) is 11.4 Å². The van der Waals surface area contributed by atoms with E-state index in [0.29, 0.717) is 18.0 Å². The lowest BCUT2D eigenvalue weighted by Gasteiger charge is -2.39. The molecule has 2 N–H and O–H groups in total. The molecule has 0 saturated carbocycles. The molecular formula is C10H11ClN2O. The number of carbonyl (C=O) groups is 1. The first-order valence-electron chi connectivity index (χ1n) is 4.50. The van der Waals surface area contributed by atoms with Gasteiger partial charge in [0.05, 0.1) is 6.04 Å². The van der Waals surface area contributed by atoms with E-state index in [1.165, 1.54) is 0 Å². The van der Waals surface area contributed by atoms with Crippen molar-refractivity contribution < 1.29 is 4.79 Å². The van der Waals surface area contributed by atoms with Gasteiger partial charge in [-0.3, -0.25) is 4.79 Å². The van der Waals surface area contributed by atoms with E-state index in [0.717, 1.165) is 5.69 Å². The van der Waals surface area contributed by atoms with Crippen LogP contribution >= 0.6 is 11.6 Å². The molecule has 1 aliphatic heterocycles. The molecule has 1 aliphatic rings. The maximum atomic E-state index is 11.3. The molecule has 3 nitrogen and oxygen atoms in total. The van der Waals surface area contributed by atoms with Gasteiger partial charge in [-0.1, -0.05) is 17.7 Å². The quantitative estimate of drug-likeness (QED) is 0.751. The standard InChI is InChI=1S/C10H11ClN2O/c11-7-2-1-3-8(4-7)13-9(6-12)5-10(13)14/h1-4,9H,5-6,12H2. The maximum absolute atomic E-state index is 11.3. The molecule has 0 aromatic heterocycles. The first-order chi connectivity index (χ1) is 6.72. The van der Waals surface area contributed by atoms with E-state index in [1.807, 2.05) is 12.1 Å². The molecule has 1 fully saturated rings. The number of hydrogen-bond donors (Lipinski definition) is 1. The van der Waals surface area contributed by atoms with E-state index >= 15 is 0 Å². The SMILES string of the molecule is NCC1CC(=O)N1c1cccc(Cl)c1. The summed E-state index contributed by atoms with van der Waals surface area (Å²) in [7, 11) is 0. The summed E-state index contributed by atoms with van der Waals surface area (Å²) in [6.07, 6.45) is 0.545. The lowest BCUT2D eigenvalue weighted by Crippen LogP contribution is -2.56. The predicted molar refractivity (Wildman–Crippen MR) is 56.4 cm³/mol. The summed E-state index contributed by atoms with van der Waals surface area (Å²) in [6, 6.07) is 7.40. The Morgan fingerprint density at radius 1 is 1.57 bits per heavy atom. The highest BCUT2D eigenvalue weighted by atomic mass is 35.5. The van der Waals surface area contributed by atoms with E-state index in [2.05, 4.69) is 0 Å². The van der Waals surface area contributed by atoms with Gasteiger partial charge in [-0.25, -0.2) is 0 Å². The topological polar surface area (TPSA) is 46.3 Å². The zero-order valence-corrected chi connectivity index (χ0v) is 8.37. The zero-order valence-electron chi connectivity index (χ0n) is 7.61. The largest absolute Gasteiger partial charge is 0.328 e. The minimum absolute atomic E-state index is 0.114. The molecule has 1 aromatic rings. The van der Waals surface area contributed by atoms with Gasteiger partial charge in [0, 0.05) is 23.7 Å². The second-order valence-corrected chi connectivity index (χ2v) is 3.77. The molecule has 14 heavy (non-hydrogen) atoms. The van der Waals surface area contributed by atoms with Crippen LogP contribution < -0.4 is 10.6 Å². The number of β-lactam (4-membered cyclic amide) rings is 1. The summed E-state index contributed by atoms with van der Waals surface area (Å²) >= 11 is 5.84. The average Bonchev–Trinajstić information content (AvgIpc) is 2.14. The molecule has 4 heteroatoms. The predicted octanol–water partition coefficient (Wildman–Crippen LogP) is 1.40. The normalized spacial score (nSPS) is 20.9. The number of hydrogen-bond acceptors (Lipinski definition) is 2. The highest BCUT2D eigenvalue weighted by Gasteiger charge is 2.35. The van der Waals surface area contributed by atoms with E-state index in [9.17, 15) is 4.79 Å². The van der Waals surface area contributed by atoms with Crippen LogP contribution in [0.25, 0.3) is 0 Å². The number of nitrogens with zero attached hydrogens (tertiary/aromatic N) is 1. The van der Waals surface area contributed by atoms with Gasteiger partial charge < -0.3 is 10.6 Å². The molecule has 2 rings (SSSR count). The molecule has 0 spiro atoms. The second kappa shape index (κ2) is 3.59. The summed E-state index contributed by atoms with van der Waals surface area (Å²) in [5.74, 6) is 0.114. The molecule has 1 atom stereocenters. The fourth-order valence-electron chi connectivity index (χ4n) is 1.65. The highest BCUT2D eigenvalue weighted by molar-refractivity contribution is 6.31. The Hall–Kier alpha value is -1.06. The van der Waals surface area contributed by atoms with E-state index in [1.54, 1.807) is 17.0 Å². The first-order valence-corrected chi connectivity index (χ1v) is 4.88. The van der Waals surface area contributed by atoms with Gasteiger partial charge in [-0.2, -0.15) is 0 Å². The van der Waals surface area contributed by atoms with Gasteiger partial charge in [0.25, 0.3) is 0 Å². The van der Waals surface area contributed by atoms with Crippen LogP contribution in [0.3, 0.4) is 0 Å². The van der Waals surface area contributed by atoms with Gasteiger partial charge in [0.15, 0.2) is 0 Å². The lowest BCUT2D eigenvalue weighted by atomic mass is 10.0. The molecule has 74 valence electrons. The number of anilines is 1. The van der Waals surface area contributed by atoms with Crippen molar-refractivity contribution >= 4 is 23.2 Å². The number of carbonyl (C=O) groups excluding carboxylic acids is 1. The van der Waals surface area contributed by atoms with Crippen LogP contribution in [-0.4, -0.2) is 18.5 Å². The van der Waals surface area contributed by atoms with E-state index in [-0.39, 0.29) is 11.9 Å². The van der Waals surface area contributed by atoms with Crippen molar-refractivity contribution in [2.24, 2.45) is 5.73 Å². The van der Waals surface area contributed by atoms with Crippen LogP contribution in [-0.2, 0) is 4.79 Å². The van der Waals surface area contributed by atoms with Crippen molar-refractivity contribution in [3.8, 4) is 0 Å². The van der Waals surface area contributed by atoms with Crippen LogP contribution in [0.4, 0.5) is 5.69 Å². The van der Waals surface area contributed by atoms with Crippen molar-refractivity contribution in [1.82, 2.24) is 0 Å². The minimum Gasteiger partial charge on any atom is -0.328 e. The van der Waals surface area contributed by atoms with Crippen LogP contribution in [0.2, 0.25) is 5.02 Å². The van der Waals surface area contributed by atoms with Gasteiger partial charge in [-0.15, -0.1) is 0 Å². The van der Waals surface area contributed by atoms with E-state index < -0.39 is 0 Å². The maximum Gasteiger partial charge on any atom is 0.229 e. The van der Waals surface area contributed by atoms with Crippen molar-refractivity contribution in [1.29, 1.82) is 0 Å². The Labute approximate surface area is 87.4 Å². The molecule has 1 saturated heterocycles. The number of halogens is 1. The fourth-order valence-corrected chi connectivity index (χ4v) is 1.84. The Kier molecular flexibility index (Phi) is 2.44. The molecule has 0 bridgehead atoms. The number of rotatable bonds is 2.